The van der Waals surface area contributed by atoms with E-state index < -0.39 is 4.84 Å². The first-order valence-electron chi connectivity index (χ1n) is 5.72. The maximum atomic E-state index is 13.4. The Morgan fingerprint density at radius 3 is 2.61 bits per heavy atom. The lowest BCUT2D eigenvalue weighted by Gasteiger charge is -2.04. The average molecular weight is 286 g/mol. The molecule has 0 aromatic heterocycles. The molecule has 2 unspecified atom stereocenters. The van der Waals surface area contributed by atoms with Gasteiger partial charge in [-0.1, -0.05) is 18.7 Å². The lowest BCUT2D eigenvalue weighted by atomic mass is 10.0. The molecular weight excluding hydrogens is 272 g/mol. The van der Waals surface area contributed by atoms with Gasteiger partial charge < -0.3 is 5.41 Å². The van der Waals surface area contributed by atoms with E-state index in [0.29, 0.717) is 11.3 Å². The largest absolute Gasteiger partial charge is 0.310 e. The van der Waals surface area contributed by atoms with Crippen molar-refractivity contribution in [1.82, 2.24) is 0 Å². The van der Waals surface area contributed by atoms with Crippen LogP contribution in [-0.2, 0) is 0 Å². The smallest absolute Gasteiger partial charge is 0.130 e. The molecular formula is C14H14Cl2FN. The molecule has 1 aliphatic rings. The van der Waals surface area contributed by atoms with Crippen LogP contribution in [-0.4, -0.2) is 10.5 Å². The van der Waals surface area contributed by atoms with Gasteiger partial charge in [-0.15, -0.1) is 23.2 Å². The molecule has 1 fully saturated rings. The van der Waals surface area contributed by atoms with Crippen molar-refractivity contribution in [3.05, 3.63) is 41.7 Å². The summed E-state index contributed by atoms with van der Waals surface area (Å²) in [7, 11) is 0. The third kappa shape index (κ3) is 2.32. The first-order chi connectivity index (χ1) is 8.47. The Morgan fingerprint density at radius 2 is 2.17 bits per heavy atom. The minimum absolute atomic E-state index is 0.0500. The Balaban J connectivity index is 2.32. The molecule has 0 radical (unpaired) electrons. The van der Waals surface area contributed by atoms with Crippen LogP contribution in [0, 0.1) is 23.1 Å². The zero-order chi connectivity index (χ0) is 13.4. The van der Waals surface area contributed by atoms with Crippen molar-refractivity contribution >= 4 is 35.0 Å². The Labute approximate surface area is 116 Å². The van der Waals surface area contributed by atoms with E-state index in [-0.39, 0.29) is 23.6 Å². The highest BCUT2D eigenvalue weighted by Crippen LogP contribution is 2.58. The fraction of sp³-hybridized carbons (Fsp3) is 0.357. The molecule has 1 saturated carbocycles. The van der Waals surface area contributed by atoms with Crippen molar-refractivity contribution in [2.75, 3.05) is 0 Å². The van der Waals surface area contributed by atoms with Crippen LogP contribution in [0.3, 0.4) is 0 Å². The molecule has 4 heteroatoms. The maximum Gasteiger partial charge on any atom is 0.130 e. The Bertz CT molecular complexity index is 499. The fourth-order valence-electron chi connectivity index (χ4n) is 2.56. The summed E-state index contributed by atoms with van der Waals surface area (Å²) in [6.07, 6.45) is 1.49. The highest BCUT2D eigenvalue weighted by molar-refractivity contribution is 6.44. The number of benzene rings is 1. The highest BCUT2D eigenvalue weighted by atomic mass is 35.5. The van der Waals surface area contributed by atoms with Crippen molar-refractivity contribution in [3.63, 3.8) is 0 Å². The SMILES string of the molecule is C=Cc1cc(C2C(C(C)=N)[C@@H]2C(Cl)Cl)ccc1F. The van der Waals surface area contributed by atoms with Crippen molar-refractivity contribution in [2.45, 2.75) is 17.7 Å². The number of rotatable bonds is 4. The number of hydrogen-bond acceptors (Lipinski definition) is 1. The fourth-order valence-corrected chi connectivity index (χ4v) is 3.19. The van der Waals surface area contributed by atoms with E-state index in [1.807, 2.05) is 0 Å². The summed E-state index contributed by atoms with van der Waals surface area (Å²) in [4.78, 5) is -0.502. The first-order valence-corrected chi connectivity index (χ1v) is 6.59. The van der Waals surface area contributed by atoms with Crippen LogP contribution in [0.2, 0.25) is 0 Å². The van der Waals surface area contributed by atoms with Crippen molar-refractivity contribution in [3.8, 4) is 0 Å². The summed E-state index contributed by atoms with van der Waals surface area (Å²) in [5.41, 5.74) is 2.01. The number of halogens is 3. The Kier molecular flexibility index (Phi) is 3.79. The van der Waals surface area contributed by atoms with Gasteiger partial charge >= 0.3 is 0 Å². The average Bonchev–Trinajstić information content (AvgIpc) is 3.05. The summed E-state index contributed by atoms with van der Waals surface area (Å²) in [6, 6.07) is 4.92. The third-order valence-electron chi connectivity index (χ3n) is 3.49. The van der Waals surface area contributed by atoms with Crippen LogP contribution in [0.25, 0.3) is 6.08 Å². The number of nitrogens with one attached hydrogen (secondary N) is 1. The zero-order valence-electron chi connectivity index (χ0n) is 9.96. The molecule has 0 bridgehead atoms. The van der Waals surface area contributed by atoms with Gasteiger partial charge in [0.1, 0.15) is 10.7 Å². The summed E-state index contributed by atoms with van der Waals surface area (Å²) in [5.74, 6) is -0.0636. The van der Waals surface area contributed by atoms with E-state index in [4.69, 9.17) is 28.6 Å². The van der Waals surface area contributed by atoms with Gasteiger partial charge in [0.2, 0.25) is 0 Å². The molecule has 96 valence electrons. The number of alkyl halides is 2. The number of hydrogen-bond donors (Lipinski definition) is 1. The topological polar surface area (TPSA) is 23.9 Å². The second kappa shape index (κ2) is 5.02. The van der Waals surface area contributed by atoms with E-state index in [1.54, 1.807) is 19.1 Å². The molecule has 3 atom stereocenters. The first kappa shape index (κ1) is 13.6. The van der Waals surface area contributed by atoms with E-state index in [9.17, 15) is 4.39 Å². The molecule has 0 aliphatic heterocycles. The van der Waals surface area contributed by atoms with Crippen molar-refractivity contribution < 1.29 is 4.39 Å². The van der Waals surface area contributed by atoms with Crippen LogP contribution in [0.15, 0.2) is 24.8 Å². The standard InChI is InChI=1S/C14H14Cl2FN/c1-3-8-6-9(4-5-10(8)17)12-11(7(2)18)13(12)14(15)16/h3-6,11-14,18H,1H2,2H3/t11?,12?,13-/m0/s1. The second-order valence-corrected chi connectivity index (χ2v) is 5.80. The van der Waals surface area contributed by atoms with Crippen LogP contribution < -0.4 is 0 Å². The molecule has 1 N–H and O–H groups in total. The van der Waals surface area contributed by atoms with Gasteiger partial charge in [-0.3, -0.25) is 0 Å². The van der Waals surface area contributed by atoms with Crippen LogP contribution in [0.4, 0.5) is 4.39 Å². The molecule has 1 aliphatic carbocycles. The summed E-state index contributed by atoms with van der Waals surface area (Å²) in [6.45, 7) is 5.34. The molecule has 2 rings (SSSR count). The van der Waals surface area contributed by atoms with Gasteiger partial charge in [-0.05, 0) is 30.5 Å². The van der Waals surface area contributed by atoms with Crippen LogP contribution >= 0.6 is 23.2 Å². The van der Waals surface area contributed by atoms with E-state index >= 15 is 0 Å². The van der Waals surface area contributed by atoms with Gasteiger partial charge in [-0.25, -0.2) is 4.39 Å². The van der Waals surface area contributed by atoms with Gasteiger partial charge in [0.05, 0.1) is 0 Å². The molecule has 0 spiro atoms. The van der Waals surface area contributed by atoms with E-state index in [2.05, 4.69) is 6.58 Å². The third-order valence-corrected chi connectivity index (χ3v) is 4.07. The van der Waals surface area contributed by atoms with Gasteiger partial charge in [0.15, 0.2) is 0 Å². The van der Waals surface area contributed by atoms with E-state index in [0.717, 1.165) is 5.56 Å². The van der Waals surface area contributed by atoms with Gasteiger partial charge in [-0.2, -0.15) is 0 Å². The predicted octanol–water partition coefficient (Wildman–Crippen LogP) is 4.64. The summed E-state index contributed by atoms with van der Waals surface area (Å²) in [5, 5.41) is 7.74. The molecule has 0 amide bonds. The Morgan fingerprint density at radius 1 is 1.50 bits per heavy atom. The predicted molar refractivity (Wildman–Crippen MR) is 75.1 cm³/mol. The monoisotopic (exact) mass is 285 g/mol. The maximum absolute atomic E-state index is 13.4. The van der Waals surface area contributed by atoms with E-state index in [1.165, 1.54) is 12.1 Å². The molecule has 1 nitrogen and oxygen atoms in total. The molecule has 0 saturated heterocycles. The minimum atomic E-state index is -0.502. The van der Waals surface area contributed by atoms with Crippen LogP contribution in [0.1, 0.15) is 24.0 Å². The Hall–Kier alpha value is -0.860. The second-order valence-electron chi connectivity index (χ2n) is 4.63. The normalized spacial score (nSPS) is 26.2. The molecule has 0 heterocycles. The van der Waals surface area contributed by atoms with Gasteiger partial charge in [0.25, 0.3) is 0 Å². The quantitative estimate of drug-likeness (QED) is 0.616. The molecule has 1 aromatic carbocycles. The lowest BCUT2D eigenvalue weighted by Crippen LogP contribution is -1.99. The summed E-state index contributed by atoms with van der Waals surface area (Å²) >= 11 is 11.9. The van der Waals surface area contributed by atoms with Crippen molar-refractivity contribution in [1.29, 1.82) is 5.41 Å². The van der Waals surface area contributed by atoms with Crippen LogP contribution in [0.5, 0.6) is 0 Å². The highest BCUT2D eigenvalue weighted by Gasteiger charge is 2.55. The lowest BCUT2D eigenvalue weighted by molar-refractivity contribution is 0.624. The minimum Gasteiger partial charge on any atom is -0.310 e. The molecule has 18 heavy (non-hydrogen) atoms. The summed E-state index contributed by atoms with van der Waals surface area (Å²) < 4.78 is 13.4. The zero-order valence-corrected chi connectivity index (χ0v) is 11.5. The molecule has 1 aromatic rings. The van der Waals surface area contributed by atoms with Gasteiger partial charge in [0, 0.05) is 23.1 Å². The van der Waals surface area contributed by atoms with Crippen molar-refractivity contribution in [2.24, 2.45) is 11.8 Å².